The molecule has 546 valence electrons. The highest BCUT2D eigenvalue weighted by Gasteiger charge is 2.44. The Labute approximate surface area is 568 Å². The Hall–Kier alpha value is -8.41. The van der Waals surface area contributed by atoms with Crippen molar-refractivity contribution in [3.8, 4) is 0 Å². The molecule has 21 N–H and O–H groups in total. The van der Waals surface area contributed by atoms with E-state index in [1.54, 1.807) is 68.6 Å². The Morgan fingerprint density at radius 1 is 0.691 bits per heavy atom. The summed E-state index contributed by atoms with van der Waals surface area (Å²) >= 11 is 1.34. The highest BCUT2D eigenvalue weighted by atomic mass is 32.2. The average molecular weight is 1390 g/mol. The topological polar surface area (TPSA) is 544 Å². The van der Waals surface area contributed by atoms with Gasteiger partial charge < -0.3 is 106 Å². The summed E-state index contributed by atoms with van der Waals surface area (Å²) in [7, 11) is 0. The summed E-state index contributed by atoms with van der Waals surface area (Å²) in [5.41, 5.74) is 15.4. The first-order chi connectivity index (χ1) is 45.3. The van der Waals surface area contributed by atoms with E-state index in [-0.39, 0.29) is 56.6 Å². The molecule has 12 amide bonds. The highest BCUT2D eigenvalue weighted by Crippen LogP contribution is 2.25. The molecule has 2 unspecified atom stereocenters. The molecule has 15 atom stereocenters. The second-order valence-corrected chi connectivity index (χ2v) is 26.8. The van der Waals surface area contributed by atoms with Gasteiger partial charge in [0.2, 0.25) is 65.0 Å². The fraction of sp³-hybridized carbons (Fsp3) is 0.677. The monoisotopic (exact) mass is 1390 g/mol. The van der Waals surface area contributed by atoms with Gasteiger partial charge in [0.1, 0.15) is 60.0 Å². The van der Waals surface area contributed by atoms with E-state index in [4.69, 9.17) is 26.7 Å². The number of nitrogens with zero attached hydrogens (tertiary/aromatic N) is 1. The lowest BCUT2D eigenvalue weighted by Crippen LogP contribution is -2.64. The van der Waals surface area contributed by atoms with Crippen LogP contribution in [0, 0.1) is 23.7 Å². The van der Waals surface area contributed by atoms with Gasteiger partial charge in [-0.05, 0) is 101 Å². The number of guanidine groups is 1. The molecule has 1 saturated heterocycles. The fourth-order valence-corrected chi connectivity index (χ4v) is 10.1. The van der Waals surface area contributed by atoms with Gasteiger partial charge in [0, 0.05) is 6.54 Å². The number of alkyl carbamates (subject to hydrolysis) is 1. The van der Waals surface area contributed by atoms with E-state index >= 15 is 14.4 Å². The lowest BCUT2D eigenvalue weighted by atomic mass is 9.95. The number of carbonyl (C=O) groups excluding carboxylic acids is 13. The van der Waals surface area contributed by atoms with Crippen molar-refractivity contribution in [2.24, 2.45) is 45.9 Å². The molecule has 1 fully saturated rings. The molecular weight excluding hydrogens is 1290 g/mol. The van der Waals surface area contributed by atoms with Crippen LogP contribution in [0.1, 0.15) is 133 Å². The molecule has 0 bridgehead atoms. The number of esters is 1. The van der Waals surface area contributed by atoms with Crippen molar-refractivity contribution in [3.05, 3.63) is 35.9 Å². The number of thioether (sulfide) groups is 1. The van der Waals surface area contributed by atoms with Gasteiger partial charge in [-0.1, -0.05) is 92.1 Å². The molecule has 0 saturated carbocycles. The Balaban J connectivity index is 3.17. The van der Waals surface area contributed by atoms with Gasteiger partial charge in [0.15, 0.2) is 24.2 Å². The minimum atomic E-state index is -2.60. The predicted octanol–water partition coefficient (Wildman–Crippen LogP) is -4.16. The van der Waals surface area contributed by atoms with Crippen molar-refractivity contribution in [2.75, 3.05) is 31.7 Å². The van der Waals surface area contributed by atoms with E-state index < -0.39 is 204 Å². The number of aliphatic hydroxyl groups is 4. The van der Waals surface area contributed by atoms with Crippen LogP contribution in [0.15, 0.2) is 35.3 Å². The third kappa shape index (κ3) is 29.1. The van der Waals surface area contributed by atoms with Crippen LogP contribution in [0.3, 0.4) is 0 Å². The molecule has 2 rings (SSSR count). The molecule has 1 heterocycles. The predicted molar refractivity (Wildman–Crippen MR) is 355 cm³/mol. The average Bonchev–Trinajstić information content (AvgIpc) is 0.827. The number of hydrogen-bond acceptors (Lipinski definition) is 21. The van der Waals surface area contributed by atoms with Gasteiger partial charge in [-0.2, -0.15) is 11.8 Å². The molecule has 97 heavy (non-hydrogen) atoms. The van der Waals surface area contributed by atoms with E-state index in [0.717, 1.165) is 6.92 Å². The first-order valence-electron chi connectivity index (χ1n) is 32.0. The second kappa shape index (κ2) is 41.0. The molecule has 1 aliphatic heterocycles. The smallest absolute Gasteiger partial charge is 0.408 e. The molecule has 1 aliphatic rings. The summed E-state index contributed by atoms with van der Waals surface area (Å²) in [4.78, 5) is 189. The zero-order valence-electron chi connectivity index (χ0n) is 57.4. The van der Waals surface area contributed by atoms with Crippen molar-refractivity contribution in [2.45, 2.75) is 212 Å². The molecule has 1 aromatic carbocycles. The van der Waals surface area contributed by atoms with Crippen molar-refractivity contribution in [3.63, 3.8) is 0 Å². The number of carbonyl (C=O) groups is 13. The van der Waals surface area contributed by atoms with E-state index in [0.29, 0.717) is 5.75 Å². The van der Waals surface area contributed by atoms with Crippen molar-refractivity contribution in [1.82, 2.24) is 58.5 Å². The van der Waals surface area contributed by atoms with Crippen LogP contribution >= 0.6 is 11.8 Å². The number of hydrogen-bond donors (Lipinski definition) is 18. The quantitative estimate of drug-likeness (QED) is 0.0191. The van der Waals surface area contributed by atoms with Crippen molar-refractivity contribution >= 4 is 94.8 Å². The molecule has 1 aromatic rings. The molecule has 0 spiro atoms. The normalized spacial score (nSPS) is 23.8. The van der Waals surface area contributed by atoms with Gasteiger partial charge in [-0.15, -0.1) is 0 Å². The molecule has 35 heteroatoms. The van der Waals surface area contributed by atoms with Crippen LogP contribution in [0.2, 0.25) is 0 Å². The lowest BCUT2D eigenvalue weighted by molar-refractivity contribution is -0.159. The maximum absolute atomic E-state index is 15.5. The number of nitrogens with two attached hydrogens (primary N) is 3. The standard InChI is InChI=1S/C62H103N15O19S/c1-14-32(8)41-55(89)75-42(33(9)79)54(88)67-27-40(80)73-44(47(82)49(63)83)57(91)71-39(28-78)59(93)95-48(34-19-16-15-17-20-34)45(77-53(87)38(26-30(4)5)69-50(84)36(22-24-97-13)72-61(94)96-62(10,11)12)58(92)76-43(46(81)31(6)7)56(90)70-37(25-29(2)3)52(86)68-35(51(85)74-41)21-18-23-66-60(64)65/h15-17,19-20,29-33,35-39,41-48,78-79,81-82H,14,18,21-28H2,1-13H3,(H2,63,83)(H,67,88)(H,68,86)(H,69,84)(H,70,90)(H,71,91)(H,72,94)(H,73,80)(H,74,85)(H,75,89)(H,76,92)(H,77,87)(H4,64,65,66)/t32-,33-,35+,36+,37-,38-,39-,41?,42?,43-,44-,45-,46+,47-,48+/m0/s1. The third-order valence-electron chi connectivity index (χ3n) is 15.0. The summed E-state index contributed by atoms with van der Waals surface area (Å²) in [5.74, 6) is -17.4. The molecular formula is C62H103N15O19S. The van der Waals surface area contributed by atoms with Crippen LogP contribution in [-0.4, -0.2) is 219 Å². The fourth-order valence-electron chi connectivity index (χ4n) is 9.58. The summed E-state index contributed by atoms with van der Waals surface area (Å²) in [6.07, 6.45) is -7.70. The van der Waals surface area contributed by atoms with E-state index in [1.165, 1.54) is 55.9 Å². The number of amides is 12. The molecule has 0 radical (unpaired) electrons. The van der Waals surface area contributed by atoms with Crippen LogP contribution in [0.5, 0.6) is 0 Å². The van der Waals surface area contributed by atoms with E-state index in [2.05, 4.69) is 52.8 Å². The van der Waals surface area contributed by atoms with E-state index in [9.17, 15) is 68.4 Å². The number of aliphatic imine (C=N–C) groups is 1. The number of cyclic esters (lactones) is 1. The molecule has 0 aliphatic carbocycles. The maximum atomic E-state index is 15.5. The zero-order chi connectivity index (χ0) is 73.8. The maximum Gasteiger partial charge on any atom is 0.408 e. The Morgan fingerprint density at radius 3 is 1.79 bits per heavy atom. The Kier molecular flexibility index (Phi) is 35.8. The number of benzene rings is 1. The van der Waals surface area contributed by atoms with Gasteiger partial charge >= 0.3 is 12.1 Å². The Morgan fingerprint density at radius 2 is 1.26 bits per heavy atom. The first-order valence-corrected chi connectivity index (χ1v) is 33.4. The summed E-state index contributed by atoms with van der Waals surface area (Å²) < 4.78 is 11.4. The van der Waals surface area contributed by atoms with Crippen molar-refractivity contribution < 1.29 is 92.2 Å². The largest absolute Gasteiger partial charge is 0.453 e. The number of rotatable bonds is 25. The van der Waals surface area contributed by atoms with Crippen LogP contribution in [-0.2, 0) is 67.0 Å². The zero-order valence-corrected chi connectivity index (χ0v) is 58.2. The van der Waals surface area contributed by atoms with Crippen LogP contribution in [0.4, 0.5) is 4.79 Å². The van der Waals surface area contributed by atoms with Crippen molar-refractivity contribution in [1.29, 1.82) is 0 Å². The van der Waals surface area contributed by atoms with Gasteiger partial charge in [0.25, 0.3) is 0 Å². The van der Waals surface area contributed by atoms with Crippen LogP contribution < -0.4 is 75.7 Å². The summed E-state index contributed by atoms with van der Waals surface area (Å²) in [6, 6.07) is -11.4. The Bertz CT molecular complexity index is 2880. The molecule has 34 nitrogen and oxygen atoms in total. The number of primary amides is 1. The van der Waals surface area contributed by atoms with Gasteiger partial charge in [0.05, 0.1) is 25.4 Å². The second-order valence-electron chi connectivity index (χ2n) is 25.8. The van der Waals surface area contributed by atoms with Gasteiger partial charge in [-0.3, -0.25) is 57.7 Å². The van der Waals surface area contributed by atoms with Gasteiger partial charge in [-0.25, -0.2) is 9.59 Å². The number of ether oxygens (including phenoxy) is 2. The highest BCUT2D eigenvalue weighted by molar-refractivity contribution is 7.98. The lowest BCUT2D eigenvalue weighted by Gasteiger charge is -2.34. The van der Waals surface area contributed by atoms with Crippen LogP contribution in [0.25, 0.3) is 0 Å². The first kappa shape index (κ1) is 84.7. The minimum absolute atomic E-state index is 0.0311. The number of nitrogens with one attached hydrogen (secondary N) is 11. The minimum Gasteiger partial charge on any atom is -0.453 e. The third-order valence-corrected chi connectivity index (χ3v) is 15.6. The number of aliphatic hydroxyl groups excluding tert-OH is 4. The SMILES string of the molecule is CC[C@H](C)C1NC(=O)[C@@H](CCCN=C(N)N)NC(=O)[C@H](CC(C)C)NC(=O)[C@H]([C@H](O)C(C)C)NC(=O)[C@@H](NC(=O)[C@H](CC(C)C)NC(=O)[C@@H](CCSC)NC(=O)OC(C)(C)C)[C@@H](c2ccccc2)OC(=O)[C@H](CO)NC(=O)[C@H]([C@H](O)C(N)=O)NC(=O)CNC(=O)C([C@H](C)O)NC1=O. The summed E-state index contributed by atoms with van der Waals surface area (Å²) in [6.45, 7) is 16.3. The summed E-state index contributed by atoms with van der Waals surface area (Å²) in [5, 5.41) is 70.9. The molecule has 0 aromatic heterocycles. The van der Waals surface area contributed by atoms with E-state index in [1.807, 2.05) is 10.6 Å².